The lowest BCUT2D eigenvalue weighted by molar-refractivity contribution is -0.129. The number of benzene rings is 1. The van der Waals surface area contributed by atoms with Crippen molar-refractivity contribution in [1.29, 1.82) is 0 Å². The standard InChI is InChI=1S/C19H23N3O2S/c1-12(2)16-18(23)20-8-9-22(16)19(24)21-15-6-4-5-14(11-15)17-13(3)7-10-25-17/h4-7,10-12,16H,8-9H2,1-3H3,(H,20,23)(H,21,24). The maximum atomic E-state index is 12.7. The van der Waals surface area contributed by atoms with Crippen LogP contribution >= 0.6 is 11.3 Å². The van der Waals surface area contributed by atoms with Crippen LogP contribution in [0.3, 0.4) is 0 Å². The Morgan fingerprint density at radius 3 is 2.84 bits per heavy atom. The lowest BCUT2D eigenvalue weighted by Crippen LogP contribution is -2.60. The van der Waals surface area contributed by atoms with Crippen LogP contribution in [0, 0.1) is 12.8 Å². The molecule has 2 aromatic rings. The first-order valence-corrected chi connectivity index (χ1v) is 9.35. The summed E-state index contributed by atoms with van der Waals surface area (Å²) in [6.45, 7) is 7.00. The molecule has 1 aromatic heterocycles. The zero-order valence-corrected chi connectivity index (χ0v) is 15.5. The van der Waals surface area contributed by atoms with E-state index in [1.165, 1.54) is 10.4 Å². The van der Waals surface area contributed by atoms with Gasteiger partial charge >= 0.3 is 6.03 Å². The molecule has 1 fully saturated rings. The second kappa shape index (κ2) is 7.27. The van der Waals surface area contributed by atoms with Crippen molar-refractivity contribution in [3.8, 4) is 10.4 Å². The number of hydrogen-bond acceptors (Lipinski definition) is 3. The quantitative estimate of drug-likeness (QED) is 0.880. The Bertz CT molecular complexity index is 784. The van der Waals surface area contributed by atoms with E-state index < -0.39 is 6.04 Å². The van der Waals surface area contributed by atoms with Crippen molar-refractivity contribution in [1.82, 2.24) is 10.2 Å². The Balaban J connectivity index is 1.79. The highest BCUT2D eigenvalue weighted by Crippen LogP contribution is 2.30. The highest BCUT2D eigenvalue weighted by Gasteiger charge is 2.35. The fourth-order valence-electron chi connectivity index (χ4n) is 3.18. The molecule has 1 aliphatic heterocycles. The Labute approximate surface area is 152 Å². The van der Waals surface area contributed by atoms with Crippen molar-refractivity contribution in [3.05, 3.63) is 41.3 Å². The number of piperazine rings is 1. The van der Waals surface area contributed by atoms with Crippen molar-refractivity contribution in [2.45, 2.75) is 26.8 Å². The summed E-state index contributed by atoms with van der Waals surface area (Å²) in [6.07, 6.45) is 0. The first kappa shape index (κ1) is 17.5. The number of thiophene rings is 1. The summed E-state index contributed by atoms with van der Waals surface area (Å²) < 4.78 is 0. The SMILES string of the molecule is Cc1ccsc1-c1cccc(NC(=O)N2CCNC(=O)C2C(C)C)c1. The molecule has 1 aliphatic rings. The van der Waals surface area contributed by atoms with Gasteiger partial charge in [-0.3, -0.25) is 4.79 Å². The summed E-state index contributed by atoms with van der Waals surface area (Å²) in [6, 6.07) is 9.26. The molecule has 5 nitrogen and oxygen atoms in total. The van der Waals surface area contributed by atoms with Gasteiger partial charge in [0.15, 0.2) is 0 Å². The van der Waals surface area contributed by atoms with Gasteiger partial charge in [-0.25, -0.2) is 4.79 Å². The number of aryl methyl sites for hydroxylation is 1. The molecule has 1 unspecified atom stereocenters. The van der Waals surface area contributed by atoms with Crippen LogP contribution in [0.4, 0.5) is 10.5 Å². The molecule has 25 heavy (non-hydrogen) atoms. The first-order chi connectivity index (χ1) is 12.0. The lowest BCUT2D eigenvalue weighted by Gasteiger charge is -2.37. The number of anilines is 1. The van der Waals surface area contributed by atoms with Crippen LogP contribution in [0.15, 0.2) is 35.7 Å². The average molecular weight is 357 g/mol. The molecule has 132 valence electrons. The van der Waals surface area contributed by atoms with Crippen LogP contribution in [-0.4, -0.2) is 36.0 Å². The molecule has 0 radical (unpaired) electrons. The largest absolute Gasteiger partial charge is 0.353 e. The minimum Gasteiger partial charge on any atom is -0.353 e. The van der Waals surface area contributed by atoms with Crippen LogP contribution in [-0.2, 0) is 4.79 Å². The second-order valence-electron chi connectivity index (χ2n) is 6.62. The molecule has 0 aliphatic carbocycles. The Morgan fingerprint density at radius 1 is 1.36 bits per heavy atom. The van der Waals surface area contributed by atoms with E-state index in [0.29, 0.717) is 13.1 Å². The second-order valence-corrected chi connectivity index (χ2v) is 7.53. The normalized spacial score (nSPS) is 17.5. The van der Waals surface area contributed by atoms with Gasteiger partial charge in [0.1, 0.15) is 6.04 Å². The molecule has 2 N–H and O–H groups in total. The number of nitrogens with one attached hydrogen (secondary N) is 2. The average Bonchev–Trinajstić information content (AvgIpc) is 3.00. The van der Waals surface area contributed by atoms with E-state index in [9.17, 15) is 9.59 Å². The molecule has 1 aromatic carbocycles. The van der Waals surface area contributed by atoms with Crippen molar-refractivity contribution in [2.24, 2.45) is 5.92 Å². The molecule has 3 rings (SSSR count). The predicted octanol–water partition coefficient (Wildman–Crippen LogP) is 3.71. The Hall–Kier alpha value is -2.34. The third kappa shape index (κ3) is 3.69. The Kier molecular flexibility index (Phi) is 5.08. The summed E-state index contributed by atoms with van der Waals surface area (Å²) in [5, 5.41) is 7.85. The molecule has 0 bridgehead atoms. The van der Waals surface area contributed by atoms with E-state index in [1.54, 1.807) is 16.2 Å². The number of nitrogens with zero attached hydrogens (tertiary/aromatic N) is 1. The molecule has 0 spiro atoms. The highest BCUT2D eigenvalue weighted by molar-refractivity contribution is 7.13. The van der Waals surface area contributed by atoms with Gasteiger partial charge in [0, 0.05) is 23.7 Å². The highest BCUT2D eigenvalue weighted by atomic mass is 32.1. The number of rotatable bonds is 3. The Morgan fingerprint density at radius 2 is 2.16 bits per heavy atom. The molecule has 3 amide bonds. The monoisotopic (exact) mass is 357 g/mol. The summed E-state index contributed by atoms with van der Waals surface area (Å²) in [5.74, 6) is -0.0227. The van der Waals surface area contributed by atoms with Gasteiger partial charge in [-0.15, -0.1) is 11.3 Å². The smallest absolute Gasteiger partial charge is 0.322 e. The number of urea groups is 1. The topological polar surface area (TPSA) is 61.4 Å². The molecule has 2 heterocycles. The van der Waals surface area contributed by atoms with Gasteiger partial charge < -0.3 is 15.5 Å². The molecule has 6 heteroatoms. The van der Waals surface area contributed by atoms with Gasteiger partial charge in [0.25, 0.3) is 0 Å². The van der Waals surface area contributed by atoms with Gasteiger partial charge in [0.2, 0.25) is 5.91 Å². The van der Waals surface area contributed by atoms with Crippen LogP contribution in [0.2, 0.25) is 0 Å². The predicted molar refractivity (Wildman–Crippen MR) is 102 cm³/mol. The molecular weight excluding hydrogens is 334 g/mol. The minimum atomic E-state index is -0.434. The van der Waals surface area contributed by atoms with Crippen LogP contribution < -0.4 is 10.6 Å². The molecular formula is C19H23N3O2S. The number of hydrogen-bond donors (Lipinski definition) is 2. The summed E-state index contributed by atoms with van der Waals surface area (Å²) in [5.41, 5.74) is 3.05. The van der Waals surface area contributed by atoms with Crippen molar-refractivity contribution in [2.75, 3.05) is 18.4 Å². The van der Waals surface area contributed by atoms with Crippen molar-refractivity contribution < 1.29 is 9.59 Å². The zero-order chi connectivity index (χ0) is 18.0. The number of carbonyl (C=O) groups is 2. The van der Waals surface area contributed by atoms with Gasteiger partial charge in [0.05, 0.1) is 0 Å². The summed E-state index contributed by atoms with van der Waals surface area (Å²) >= 11 is 1.69. The maximum Gasteiger partial charge on any atom is 0.322 e. The van der Waals surface area contributed by atoms with E-state index in [4.69, 9.17) is 0 Å². The fraction of sp³-hybridized carbons (Fsp3) is 0.368. The molecule has 1 saturated heterocycles. The third-order valence-electron chi connectivity index (χ3n) is 4.39. The van der Waals surface area contributed by atoms with Gasteiger partial charge in [-0.05, 0) is 47.5 Å². The van der Waals surface area contributed by atoms with Crippen molar-refractivity contribution >= 4 is 29.0 Å². The maximum absolute atomic E-state index is 12.7. The first-order valence-electron chi connectivity index (χ1n) is 8.47. The third-order valence-corrected chi connectivity index (χ3v) is 5.45. The number of amides is 3. The van der Waals surface area contributed by atoms with E-state index in [2.05, 4.69) is 29.0 Å². The van der Waals surface area contributed by atoms with Gasteiger partial charge in [-0.2, -0.15) is 0 Å². The van der Waals surface area contributed by atoms with E-state index in [0.717, 1.165) is 11.3 Å². The van der Waals surface area contributed by atoms with Crippen LogP contribution in [0.1, 0.15) is 19.4 Å². The van der Waals surface area contributed by atoms with Crippen LogP contribution in [0.5, 0.6) is 0 Å². The summed E-state index contributed by atoms with van der Waals surface area (Å²) in [7, 11) is 0. The van der Waals surface area contributed by atoms with Crippen LogP contribution in [0.25, 0.3) is 10.4 Å². The van der Waals surface area contributed by atoms with E-state index in [1.807, 2.05) is 38.1 Å². The fourth-order valence-corrected chi connectivity index (χ4v) is 4.10. The molecule has 1 atom stereocenters. The zero-order valence-electron chi connectivity index (χ0n) is 14.7. The summed E-state index contributed by atoms with van der Waals surface area (Å²) in [4.78, 5) is 27.7. The van der Waals surface area contributed by atoms with E-state index >= 15 is 0 Å². The van der Waals surface area contributed by atoms with Crippen molar-refractivity contribution in [3.63, 3.8) is 0 Å². The van der Waals surface area contributed by atoms with E-state index in [-0.39, 0.29) is 17.9 Å². The molecule has 0 saturated carbocycles. The lowest BCUT2D eigenvalue weighted by atomic mass is 10.00. The number of carbonyl (C=O) groups excluding carboxylic acids is 2. The minimum absolute atomic E-state index is 0.0613. The van der Waals surface area contributed by atoms with Gasteiger partial charge in [-0.1, -0.05) is 26.0 Å².